The molecule has 0 radical (unpaired) electrons. The topological polar surface area (TPSA) is 64.1 Å². The molecule has 28 heavy (non-hydrogen) atoms. The number of rotatable bonds is 9. The van der Waals surface area contributed by atoms with Crippen LogP contribution in [0, 0.1) is 12.8 Å². The molecule has 2 rings (SSSR count). The number of nitrogens with one attached hydrogen (secondary N) is 2. The first-order valence-electron chi connectivity index (χ1n) is 9.81. The van der Waals surface area contributed by atoms with Gasteiger partial charge in [-0.05, 0) is 45.7 Å². The third kappa shape index (κ3) is 8.53. The molecule has 6 nitrogen and oxygen atoms in total. The first-order chi connectivity index (χ1) is 12.9. The minimum absolute atomic E-state index is 0. The fraction of sp³-hybridized carbons (Fsp3) is 0.667. The zero-order valence-corrected chi connectivity index (χ0v) is 20.2. The minimum Gasteiger partial charge on any atom is -0.493 e. The lowest BCUT2D eigenvalue weighted by atomic mass is 10.1. The molecule has 1 aliphatic rings. The van der Waals surface area contributed by atoms with Crippen LogP contribution in [-0.2, 0) is 16.0 Å². The number of ether oxygens (including phenoxy) is 3. The summed E-state index contributed by atoms with van der Waals surface area (Å²) in [5, 5.41) is 6.63. The molecule has 1 saturated heterocycles. The maximum Gasteiger partial charge on any atom is 0.191 e. The van der Waals surface area contributed by atoms with Crippen LogP contribution >= 0.6 is 24.0 Å². The van der Waals surface area contributed by atoms with Gasteiger partial charge in [0.25, 0.3) is 0 Å². The molecule has 1 aromatic rings. The van der Waals surface area contributed by atoms with Crippen molar-refractivity contribution in [3.8, 4) is 5.75 Å². The number of aliphatic imine (C=N–C) groups is 1. The lowest BCUT2D eigenvalue weighted by Crippen LogP contribution is -2.45. The van der Waals surface area contributed by atoms with Gasteiger partial charge in [-0.25, -0.2) is 4.99 Å². The minimum atomic E-state index is -0.252. The van der Waals surface area contributed by atoms with Gasteiger partial charge in [-0.1, -0.05) is 12.1 Å². The highest BCUT2D eigenvalue weighted by atomic mass is 127. The number of methoxy groups -OCH3 is 1. The van der Waals surface area contributed by atoms with Gasteiger partial charge in [0.1, 0.15) is 5.75 Å². The zero-order chi connectivity index (χ0) is 19.7. The van der Waals surface area contributed by atoms with Gasteiger partial charge in [0, 0.05) is 38.3 Å². The first kappa shape index (κ1) is 25.0. The average molecular weight is 505 g/mol. The molecule has 0 bridgehead atoms. The standard InChI is InChI=1S/C21H35N3O3.HI/c1-6-22-20(24-15-21(3,4)25-5)23-12-18-8-7-16(2)11-19(18)27-14-17-9-10-26-13-17;/h7-8,11,17H,6,9-10,12-15H2,1-5H3,(H2,22,23,24);1H. The third-order valence-electron chi connectivity index (χ3n) is 4.71. The molecule has 1 aromatic carbocycles. The lowest BCUT2D eigenvalue weighted by molar-refractivity contribution is 0.0268. The Morgan fingerprint density at radius 2 is 2.11 bits per heavy atom. The van der Waals surface area contributed by atoms with E-state index < -0.39 is 0 Å². The Balaban J connectivity index is 0.00000392. The number of hydrogen-bond acceptors (Lipinski definition) is 4. The predicted octanol–water partition coefficient (Wildman–Crippen LogP) is 3.51. The number of guanidine groups is 1. The molecule has 1 unspecified atom stereocenters. The Morgan fingerprint density at radius 3 is 2.75 bits per heavy atom. The molecule has 1 heterocycles. The Kier molecular flexibility index (Phi) is 11.1. The molecule has 0 aliphatic carbocycles. The van der Waals surface area contributed by atoms with Crippen LogP contribution in [0.25, 0.3) is 0 Å². The van der Waals surface area contributed by atoms with Crippen LogP contribution in [0.2, 0.25) is 0 Å². The summed E-state index contributed by atoms with van der Waals surface area (Å²) >= 11 is 0. The predicted molar refractivity (Wildman–Crippen MR) is 125 cm³/mol. The second-order valence-electron chi connectivity index (χ2n) is 7.66. The summed E-state index contributed by atoms with van der Waals surface area (Å²) in [5.74, 6) is 2.18. The lowest BCUT2D eigenvalue weighted by Gasteiger charge is -2.24. The molecule has 2 N–H and O–H groups in total. The molecule has 0 amide bonds. The van der Waals surface area contributed by atoms with Crippen LogP contribution in [0.15, 0.2) is 23.2 Å². The van der Waals surface area contributed by atoms with Crippen LogP contribution < -0.4 is 15.4 Å². The van der Waals surface area contributed by atoms with E-state index in [0.29, 0.717) is 25.6 Å². The van der Waals surface area contributed by atoms with Gasteiger partial charge in [-0.3, -0.25) is 0 Å². The summed E-state index contributed by atoms with van der Waals surface area (Å²) in [5.41, 5.74) is 2.02. The summed E-state index contributed by atoms with van der Waals surface area (Å²) in [7, 11) is 1.72. The maximum absolute atomic E-state index is 6.12. The van der Waals surface area contributed by atoms with Gasteiger partial charge in [0.15, 0.2) is 5.96 Å². The van der Waals surface area contributed by atoms with Gasteiger partial charge < -0.3 is 24.8 Å². The van der Waals surface area contributed by atoms with E-state index in [1.54, 1.807) is 7.11 Å². The van der Waals surface area contributed by atoms with Gasteiger partial charge in [-0.15, -0.1) is 24.0 Å². The van der Waals surface area contributed by atoms with Crippen LogP contribution in [-0.4, -0.2) is 51.6 Å². The molecule has 160 valence electrons. The van der Waals surface area contributed by atoms with Crippen molar-refractivity contribution in [2.45, 2.75) is 46.3 Å². The number of nitrogens with zero attached hydrogens (tertiary/aromatic N) is 1. The second-order valence-corrected chi connectivity index (χ2v) is 7.66. The summed E-state index contributed by atoms with van der Waals surface area (Å²) < 4.78 is 17.0. The van der Waals surface area contributed by atoms with Gasteiger partial charge in [0.05, 0.1) is 25.4 Å². The largest absolute Gasteiger partial charge is 0.493 e. The van der Waals surface area contributed by atoms with E-state index in [-0.39, 0.29) is 29.6 Å². The van der Waals surface area contributed by atoms with Crippen molar-refractivity contribution in [1.29, 1.82) is 0 Å². The molecule has 1 fully saturated rings. The molecular formula is C21H36IN3O3. The van der Waals surface area contributed by atoms with E-state index in [4.69, 9.17) is 19.2 Å². The van der Waals surface area contributed by atoms with Crippen molar-refractivity contribution >= 4 is 29.9 Å². The molecule has 0 aromatic heterocycles. The molecule has 0 spiro atoms. The number of aryl methyl sites for hydroxylation is 1. The van der Waals surface area contributed by atoms with Gasteiger partial charge in [0.2, 0.25) is 0 Å². The Morgan fingerprint density at radius 1 is 1.32 bits per heavy atom. The first-order valence-corrected chi connectivity index (χ1v) is 9.81. The number of benzene rings is 1. The van der Waals surface area contributed by atoms with Crippen LogP contribution in [0.3, 0.4) is 0 Å². The molecule has 1 aliphatic heterocycles. The van der Waals surface area contributed by atoms with Gasteiger partial charge >= 0.3 is 0 Å². The fourth-order valence-corrected chi connectivity index (χ4v) is 2.72. The maximum atomic E-state index is 6.12. The summed E-state index contributed by atoms with van der Waals surface area (Å²) in [6, 6.07) is 6.29. The normalized spacial score (nSPS) is 17.2. The number of hydrogen-bond donors (Lipinski definition) is 2. The van der Waals surface area contributed by atoms with Crippen LogP contribution in [0.4, 0.5) is 0 Å². The SMILES string of the molecule is CCNC(=NCc1ccc(C)cc1OCC1CCOC1)NCC(C)(C)OC.I. The quantitative estimate of drug-likeness (QED) is 0.306. The molecule has 0 saturated carbocycles. The van der Waals surface area contributed by atoms with E-state index in [1.165, 1.54) is 5.56 Å². The Hall–Kier alpha value is -1.06. The zero-order valence-electron chi connectivity index (χ0n) is 17.8. The Labute approximate surface area is 186 Å². The average Bonchev–Trinajstić information content (AvgIpc) is 3.17. The molecular weight excluding hydrogens is 469 g/mol. The monoisotopic (exact) mass is 505 g/mol. The van der Waals surface area contributed by atoms with Crippen LogP contribution in [0.1, 0.15) is 38.3 Å². The molecule has 1 atom stereocenters. The van der Waals surface area contributed by atoms with E-state index in [0.717, 1.165) is 43.5 Å². The molecule has 7 heteroatoms. The summed E-state index contributed by atoms with van der Waals surface area (Å²) in [4.78, 5) is 4.73. The smallest absolute Gasteiger partial charge is 0.191 e. The van der Waals surface area contributed by atoms with E-state index in [9.17, 15) is 0 Å². The second kappa shape index (κ2) is 12.5. The highest BCUT2D eigenvalue weighted by Gasteiger charge is 2.18. The Bertz CT molecular complexity index is 617. The van der Waals surface area contributed by atoms with Crippen molar-refractivity contribution in [2.24, 2.45) is 10.9 Å². The van der Waals surface area contributed by atoms with Crippen molar-refractivity contribution in [2.75, 3.05) is 40.0 Å². The van der Waals surface area contributed by atoms with E-state index >= 15 is 0 Å². The van der Waals surface area contributed by atoms with Crippen molar-refractivity contribution in [1.82, 2.24) is 10.6 Å². The van der Waals surface area contributed by atoms with Crippen LogP contribution in [0.5, 0.6) is 5.75 Å². The number of halogens is 1. The van der Waals surface area contributed by atoms with E-state index in [2.05, 4.69) is 42.7 Å². The van der Waals surface area contributed by atoms with Crippen molar-refractivity contribution in [3.63, 3.8) is 0 Å². The summed E-state index contributed by atoms with van der Waals surface area (Å²) in [6.07, 6.45) is 1.07. The third-order valence-corrected chi connectivity index (χ3v) is 4.71. The fourth-order valence-electron chi connectivity index (χ4n) is 2.72. The van der Waals surface area contributed by atoms with E-state index in [1.807, 2.05) is 13.8 Å². The van der Waals surface area contributed by atoms with Crippen molar-refractivity contribution in [3.05, 3.63) is 29.3 Å². The summed E-state index contributed by atoms with van der Waals surface area (Å²) in [6.45, 7) is 12.6. The van der Waals surface area contributed by atoms with Crippen molar-refractivity contribution < 1.29 is 14.2 Å². The highest BCUT2D eigenvalue weighted by molar-refractivity contribution is 14.0. The highest BCUT2D eigenvalue weighted by Crippen LogP contribution is 2.23. The van der Waals surface area contributed by atoms with Gasteiger partial charge in [-0.2, -0.15) is 0 Å².